The third-order valence-electron chi connectivity index (χ3n) is 2.30. The zero-order valence-electron chi connectivity index (χ0n) is 10.9. The lowest BCUT2D eigenvalue weighted by Gasteiger charge is -2.12. The summed E-state index contributed by atoms with van der Waals surface area (Å²) in [6.07, 6.45) is 0. The van der Waals surface area contributed by atoms with E-state index < -0.39 is 10.8 Å². The Balaban J connectivity index is 2.81. The van der Waals surface area contributed by atoms with Gasteiger partial charge < -0.3 is 5.32 Å². The minimum Gasteiger partial charge on any atom is -0.360 e. The van der Waals surface area contributed by atoms with Crippen LogP contribution in [0.3, 0.4) is 0 Å². The molecule has 0 saturated carbocycles. The first kappa shape index (κ1) is 15.0. The summed E-state index contributed by atoms with van der Waals surface area (Å²) in [7, 11) is 0. The highest BCUT2D eigenvalue weighted by atomic mass is 32.1. The highest BCUT2D eigenvalue weighted by molar-refractivity contribution is 7.80. The highest BCUT2D eigenvalue weighted by Crippen LogP contribution is 2.18. The first-order valence-electron chi connectivity index (χ1n) is 5.68. The predicted molar refractivity (Wildman–Crippen MR) is 76.2 cm³/mol. The number of nitrogens with zero attached hydrogens (tertiary/aromatic N) is 1. The van der Waals surface area contributed by atoms with Crippen LogP contribution in [0.2, 0.25) is 0 Å². The average molecular weight is 281 g/mol. The minimum atomic E-state index is -0.484. The van der Waals surface area contributed by atoms with Crippen LogP contribution in [0, 0.1) is 17.0 Å². The maximum atomic E-state index is 11.9. The molecule has 6 nitrogen and oxygen atoms in total. The van der Waals surface area contributed by atoms with Gasteiger partial charge in [-0.2, -0.15) is 0 Å². The van der Waals surface area contributed by atoms with Gasteiger partial charge in [0.1, 0.15) is 0 Å². The van der Waals surface area contributed by atoms with E-state index in [2.05, 4.69) is 10.6 Å². The Bertz CT molecular complexity index is 529. The molecule has 0 bridgehead atoms. The molecule has 0 aromatic heterocycles. The van der Waals surface area contributed by atoms with Crippen molar-refractivity contribution in [2.45, 2.75) is 26.8 Å². The Hall–Kier alpha value is -2.02. The summed E-state index contributed by atoms with van der Waals surface area (Å²) in [6.45, 7) is 5.38. The van der Waals surface area contributed by atoms with Crippen LogP contribution in [0.4, 0.5) is 5.69 Å². The smallest absolute Gasteiger partial charge is 0.272 e. The van der Waals surface area contributed by atoms with E-state index in [0.29, 0.717) is 11.1 Å². The summed E-state index contributed by atoms with van der Waals surface area (Å²) in [6, 6.07) is 4.29. The van der Waals surface area contributed by atoms with E-state index in [0.717, 1.165) is 0 Å². The molecule has 0 unspecified atom stereocenters. The highest BCUT2D eigenvalue weighted by Gasteiger charge is 2.14. The molecule has 0 atom stereocenters. The van der Waals surface area contributed by atoms with Crippen molar-refractivity contribution in [3.05, 3.63) is 39.4 Å². The average Bonchev–Trinajstić information content (AvgIpc) is 2.26. The monoisotopic (exact) mass is 281 g/mol. The van der Waals surface area contributed by atoms with Crippen LogP contribution in [0.15, 0.2) is 18.2 Å². The van der Waals surface area contributed by atoms with E-state index >= 15 is 0 Å². The van der Waals surface area contributed by atoms with Crippen molar-refractivity contribution in [1.29, 1.82) is 0 Å². The lowest BCUT2D eigenvalue weighted by atomic mass is 10.1. The van der Waals surface area contributed by atoms with Crippen LogP contribution < -0.4 is 10.6 Å². The third-order valence-corrected chi connectivity index (χ3v) is 2.52. The number of hydrogen-bond donors (Lipinski definition) is 2. The van der Waals surface area contributed by atoms with Crippen LogP contribution in [-0.2, 0) is 0 Å². The van der Waals surface area contributed by atoms with Gasteiger partial charge >= 0.3 is 0 Å². The van der Waals surface area contributed by atoms with E-state index in [1.807, 2.05) is 13.8 Å². The maximum absolute atomic E-state index is 11.9. The van der Waals surface area contributed by atoms with Gasteiger partial charge in [-0.1, -0.05) is 0 Å². The fraction of sp³-hybridized carbons (Fsp3) is 0.333. The first-order chi connectivity index (χ1) is 8.81. The molecule has 7 heteroatoms. The van der Waals surface area contributed by atoms with Crippen LogP contribution in [0.1, 0.15) is 29.8 Å². The minimum absolute atomic E-state index is 0.0144. The van der Waals surface area contributed by atoms with Gasteiger partial charge in [-0.25, -0.2) is 0 Å². The molecule has 1 amide bonds. The van der Waals surface area contributed by atoms with Gasteiger partial charge in [0.25, 0.3) is 11.6 Å². The predicted octanol–water partition coefficient (Wildman–Crippen LogP) is 1.92. The normalized spacial score (nSPS) is 10.1. The largest absolute Gasteiger partial charge is 0.360 e. The molecular weight excluding hydrogens is 266 g/mol. The Labute approximate surface area is 116 Å². The number of carbonyl (C=O) groups is 1. The molecular formula is C12H15N3O3S. The second-order valence-corrected chi connectivity index (χ2v) is 4.75. The van der Waals surface area contributed by atoms with E-state index in [9.17, 15) is 14.9 Å². The summed E-state index contributed by atoms with van der Waals surface area (Å²) in [5, 5.41) is 16.3. The van der Waals surface area contributed by atoms with E-state index in [1.54, 1.807) is 6.92 Å². The Kier molecular flexibility index (Phi) is 4.94. The number of hydrogen-bond acceptors (Lipinski definition) is 4. The number of thiocarbonyl (C=S) groups is 1. The maximum Gasteiger partial charge on any atom is 0.272 e. The number of aryl methyl sites for hydroxylation is 1. The van der Waals surface area contributed by atoms with Crippen molar-refractivity contribution in [3.63, 3.8) is 0 Å². The first-order valence-corrected chi connectivity index (χ1v) is 6.09. The van der Waals surface area contributed by atoms with Crippen molar-refractivity contribution in [3.8, 4) is 0 Å². The van der Waals surface area contributed by atoms with Crippen LogP contribution in [-0.4, -0.2) is 22.0 Å². The molecule has 0 saturated heterocycles. The standard InChI is InChI=1S/C12H15N3O3S/c1-7(2)13-12(19)14-11(16)9-4-5-10(15(17)18)8(3)6-9/h4-7H,1-3H3,(H2,13,14,16,19). The van der Waals surface area contributed by atoms with Crippen LogP contribution >= 0.6 is 12.2 Å². The molecule has 1 rings (SSSR count). The summed E-state index contributed by atoms with van der Waals surface area (Å²) in [5.41, 5.74) is 0.746. The number of carbonyl (C=O) groups excluding carboxylic acids is 1. The molecule has 0 heterocycles. The van der Waals surface area contributed by atoms with Gasteiger partial charge in [0, 0.05) is 23.2 Å². The lowest BCUT2D eigenvalue weighted by molar-refractivity contribution is -0.385. The number of nitrogens with one attached hydrogen (secondary N) is 2. The molecule has 0 aliphatic heterocycles. The Morgan fingerprint density at radius 1 is 1.42 bits per heavy atom. The second kappa shape index (κ2) is 6.24. The molecule has 0 radical (unpaired) electrons. The van der Waals surface area contributed by atoms with E-state index in [1.165, 1.54) is 18.2 Å². The molecule has 0 aliphatic carbocycles. The van der Waals surface area contributed by atoms with Crippen LogP contribution in [0.5, 0.6) is 0 Å². The number of benzene rings is 1. The van der Waals surface area contributed by atoms with Crippen molar-refractivity contribution in [2.24, 2.45) is 0 Å². The molecule has 2 N–H and O–H groups in total. The molecule has 102 valence electrons. The third kappa shape index (κ3) is 4.29. The zero-order chi connectivity index (χ0) is 14.6. The van der Waals surface area contributed by atoms with Crippen molar-refractivity contribution in [2.75, 3.05) is 0 Å². The lowest BCUT2D eigenvalue weighted by Crippen LogP contribution is -2.42. The fourth-order valence-corrected chi connectivity index (χ4v) is 1.80. The van der Waals surface area contributed by atoms with Crippen LogP contribution in [0.25, 0.3) is 0 Å². The van der Waals surface area contributed by atoms with Crippen molar-refractivity contribution >= 4 is 28.9 Å². The Morgan fingerprint density at radius 3 is 2.53 bits per heavy atom. The molecule has 19 heavy (non-hydrogen) atoms. The van der Waals surface area contributed by atoms with Crippen molar-refractivity contribution in [1.82, 2.24) is 10.6 Å². The quantitative estimate of drug-likeness (QED) is 0.502. The SMILES string of the molecule is Cc1cc(C(=O)NC(=S)NC(C)C)ccc1[N+](=O)[O-]. The molecule has 1 aromatic rings. The van der Waals surface area contributed by atoms with E-state index in [4.69, 9.17) is 12.2 Å². The van der Waals surface area contributed by atoms with E-state index in [-0.39, 0.29) is 16.8 Å². The Morgan fingerprint density at radius 2 is 2.05 bits per heavy atom. The molecule has 0 fully saturated rings. The number of nitro groups is 1. The fourth-order valence-electron chi connectivity index (χ4n) is 1.48. The number of nitro benzene ring substituents is 1. The number of amides is 1. The molecule has 1 aromatic carbocycles. The second-order valence-electron chi connectivity index (χ2n) is 4.34. The van der Waals surface area contributed by atoms with Gasteiger partial charge in [0.2, 0.25) is 0 Å². The van der Waals surface area contributed by atoms with Gasteiger partial charge in [-0.15, -0.1) is 0 Å². The summed E-state index contributed by atoms with van der Waals surface area (Å²) in [4.78, 5) is 22.1. The molecule has 0 spiro atoms. The van der Waals surface area contributed by atoms with Crippen molar-refractivity contribution < 1.29 is 9.72 Å². The molecule has 0 aliphatic rings. The summed E-state index contributed by atoms with van der Waals surface area (Å²) < 4.78 is 0. The number of rotatable bonds is 3. The van der Waals surface area contributed by atoms with Gasteiger partial charge in [-0.3, -0.25) is 20.2 Å². The summed E-state index contributed by atoms with van der Waals surface area (Å²) in [5.74, 6) is -0.392. The zero-order valence-corrected chi connectivity index (χ0v) is 11.7. The van der Waals surface area contributed by atoms with Gasteiger partial charge in [-0.05, 0) is 45.1 Å². The van der Waals surface area contributed by atoms with Gasteiger partial charge in [0.05, 0.1) is 4.92 Å². The summed E-state index contributed by atoms with van der Waals surface area (Å²) >= 11 is 4.96. The topological polar surface area (TPSA) is 84.3 Å². The van der Waals surface area contributed by atoms with Gasteiger partial charge in [0.15, 0.2) is 5.11 Å².